The van der Waals surface area contributed by atoms with Crippen molar-refractivity contribution < 1.29 is 9.47 Å². The second-order valence-corrected chi connectivity index (χ2v) is 5.38. The molecule has 0 aliphatic rings. The molecule has 0 spiro atoms. The van der Waals surface area contributed by atoms with E-state index in [2.05, 4.69) is 10.6 Å². The summed E-state index contributed by atoms with van der Waals surface area (Å²) in [6.45, 7) is 0.615. The van der Waals surface area contributed by atoms with Gasteiger partial charge in [0.25, 0.3) is 0 Å². The van der Waals surface area contributed by atoms with Crippen LogP contribution in [0, 0.1) is 0 Å². The number of rotatable bonds is 5. The molecule has 0 fully saturated rings. The summed E-state index contributed by atoms with van der Waals surface area (Å²) >= 11 is 11.1. The zero-order valence-corrected chi connectivity index (χ0v) is 13.9. The minimum absolute atomic E-state index is 0.519. The Morgan fingerprint density at radius 2 is 1.64 bits per heavy atom. The molecule has 0 aromatic heterocycles. The molecule has 0 atom stereocenters. The average molecular weight is 337 g/mol. The highest BCUT2D eigenvalue weighted by molar-refractivity contribution is 7.80. The summed E-state index contributed by atoms with van der Waals surface area (Å²) in [5, 5.41) is 7.48. The number of hydrogen-bond acceptors (Lipinski definition) is 3. The standard InChI is InChI=1S/C16H17ClN2O2S/c1-20-14-7-13(8-15(9-14)21-2)19-16(22)18-10-11-3-5-12(17)6-4-11/h3-9H,10H2,1-2H3,(H2,18,19,22). The van der Waals surface area contributed by atoms with Crippen LogP contribution in [0.3, 0.4) is 0 Å². The molecule has 0 saturated heterocycles. The lowest BCUT2D eigenvalue weighted by Gasteiger charge is -2.13. The van der Waals surface area contributed by atoms with Crippen LogP contribution in [0.1, 0.15) is 5.56 Å². The number of thiocarbonyl (C=S) groups is 1. The topological polar surface area (TPSA) is 42.5 Å². The Kier molecular flexibility index (Phi) is 5.86. The van der Waals surface area contributed by atoms with E-state index in [-0.39, 0.29) is 0 Å². The minimum Gasteiger partial charge on any atom is -0.497 e. The second kappa shape index (κ2) is 7.87. The van der Waals surface area contributed by atoms with Crippen LogP contribution < -0.4 is 20.1 Å². The van der Waals surface area contributed by atoms with Crippen molar-refractivity contribution in [2.24, 2.45) is 0 Å². The largest absolute Gasteiger partial charge is 0.497 e. The molecule has 0 heterocycles. The van der Waals surface area contributed by atoms with Crippen molar-refractivity contribution in [1.82, 2.24) is 5.32 Å². The third-order valence-electron chi connectivity index (χ3n) is 2.98. The van der Waals surface area contributed by atoms with Gasteiger partial charge < -0.3 is 20.1 Å². The number of halogens is 1. The number of methoxy groups -OCH3 is 2. The van der Waals surface area contributed by atoms with Crippen molar-refractivity contribution >= 4 is 34.6 Å². The first kappa shape index (κ1) is 16.4. The molecule has 0 amide bonds. The van der Waals surface area contributed by atoms with Gasteiger partial charge in [0.05, 0.1) is 14.2 Å². The highest BCUT2D eigenvalue weighted by Gasteiger charge is 2.04. The molecular weight excluding hydrogens is 320 g/mol. The van der Waals surface area contributed by atoms with Crippen molar-refractivity contribution in [3.8, 4) is 11.5 Å². The summed E-state index contributed by atoms with van der Waals surface area (Å²) < 4.78 is 10.4. The molecule has 6 heteroatoms. The molecule has 0 saturated carbocycles. The van der Waals surface area contributed by atoms with Gasteiger partial charge in [-0.1, -0.05) is 23.7 Å². The number of nitrogens with one attached hydrogen (secondary N) is 2. The number of hydrogen-bond donors (Lipinski definition) is 2. The average Bonchev–Trinajstić information content (AvgIpc) is 2.54. The molecule has 0 radical (unpaired) electrons. The lowest BCUT2D eigenvalue weighted by atomic mass is 10.2. The molecule has 0 bridgehead atoms. The highest BCUT2D eigenvalue weighted by atomic mass is 35.5. The molecular formula is C16H17ClN2O2S. The van der Waals surface area contributed by atoms with Crippen LogP contribution in [-0.4, -0.2) is 19.3 Å². The molecule has 2 rings (SSSR count). The summed E-state index contributed by atoms with van der Waals surface area (Å²) in [6.07, 6.45) is 0. The van der Waals surface area contributed by atoms with Gasteiger partial charge in [-0.2, -0.15) is 0 Å². The van der Waals surface area contributed by atoms with Crippen molar-refractivity contribution in [3.05, 3.63) is 53.1 Å². The van der Waals surface area contributed by atoms with E-state index in [0.717, 1.165) is 11.3 Å². The first-order valence-electron chi connectivity index (χ1n) is 6.63. The lowest BCUT2D eigenvalue weighted by molar-refractivity contribution is 0.395. The van der Waals surface area contributed by atoms with E-state index in [0.29, 0.717) is 28.2 Å². The van der Waals surface area contributed by atoms with Crippen LogP contribution in [0.2, 0.25) is 5.02 Å². The molecule has 116 valence electrons. The summed E-state index contributed by atoms with van der Waals surface area (Å²) in [6, 6.07) is 13.1. The van der Waals surface area contributed by atoms with Gasteiger partial charge in [0.2, 0.25) is 0 Å². The van der Waals surface area contributed by atoms with E-state index in [1.54, 1.807) is 20.3 Å². The summed E-state index contributed by atoms with van der Waals surface area (Å²) in [4.78, 5) is 0. The van der Waals surface area contributed by atoms with Crippen LogP contribution in [-0.2, 0) is 6.54 Å². The first-order chi connectivity index (χ1) is 10.6. The molecule has 2 aromatic rings. The maximum atomic E-state index is 5.86. The number of benzene rings is 2. The zero-order chi connectivity index (χ0) is 15.9. The predicted octanol–water partition coefficient (Wildman–Crippen LogP) is 3.84. The summed E-state index contributed by atoms with van der Waals surface area (Å²) in [7, 11) is 3.21. The molecule has 0 aliphatic heterocycles. The number of anilines is 1. The maximum absolute atomic E-state index is 5.86. The fourth-order valence-corrected chi connectivity index (χ4v) is 2.16. The molecule has 2 aromatic carbocycles. The van der Waals surface area contributed by atoms with Crippen molar-refractivity contribution in [1.29, 1.82) is 0 Å². The van der Waals surface area contributed by atoms with Gasteiger partial charge in [0.1, 0.15) is 11.5 Å². The monoisotopic (exact) mass is 336 g/mol. The van der Waals surface area contributed by atoms with Gasteiger partial charge in [-0.3, -0.25) is 0 Å². The summed E-state index contributed by atoms with van der Waals surface area (Å²) in [5.74, 6) is 1.39. The highest BCUT2D eigenvalue weighted by Crippen LogP contribution is 2.25. The van der Waals surface area contributed by atoms with Gasteiger partial charge in [-0.25, -0.2) is 0 Å². The van der Waals surface area contributed by atoms with E-state index in [1.807, 2.05) is 36.4 Å². The zero-order valence-electron chi connectivity index (χ0n) is 12.4. The third kappa shape index (κ3) is 4.79. The minimum atomic E-state index is 0.519. The molecule has 0 unspecified atom stereocenters. The SMILES string of the molecule is COc1cc(NC(=S)NCc2ccc(Cl)cc2)cc(OC)c1. The van der Waals surface area contributed by atoms with Crippen molar-refractivity contribution in [3.63, 3.8) is 0 Å². The Bertz CT molecular complexity index is 625. The molecule has 0 aliphatic carbocycles. The number of ether oxygens (including phenoxy) is 2. The van der Waals surface area contributed by atoms with E-state index < -0.39 is 0 Å². The van der Waals surface area contributed by atoms with E-state index >= 15 is 0 Å². The van der Waals surface area contributed by atoms with E-state index in [9.17, 15) is 0 Å². The van der Waals surface area contributed by atoms with Crippen LogP contribution >= 0.6 is 23.8 Å². The van der Waals surface area contributed by atoms with E-state index in [4.69, 9.17) is 33.3 Å². The fourth-order valence-electron chi connectivity index (χ4n) is 1.84. The quantitative estimate of drug-likeness (QED) is 0.812. The van der Waals surface area contributed by atoms with Gasteiger partial charge in [-0.05, 0) is 29.9 Å². The Hall–Kier alpha value is -1.98. The Morgan fingerprint density at radius 3 is 2.18 bits per heavy atom. The normalized spacial score (nSPS) is 9.95. The fraction of sp³-hybridized carbons (Fsp3) is 0.188. The molecule has 4 nitrogen and oxygen atoms in total. The second-order valence-electron chi connectivity index (χ2n) is 4.54. The van der Waals surface area contributed by atoms with Crippen molar-refractivity contribution in [2.45, 2.75) is 6.54 Å². The van der Waals surface area contributed by atoms with Crippen LogP contribution in [0.25, 0.3) is 0 Å². The smallest absolute Gasteiger partial charge is 0.171 e. The van der Waals surface area contributed by atoms with Gasteiger partial charge in [0, 0.05) is 35.5 Å². The maximum Gasteiger partial charge on any atom is 0.171 e. The van der Waals surface area contributed by atoms with Crippen LogP contribution in [0.4, 0.5) is 5.69 Å². The molecule has 2 N–H and O–H groups in total. The Morgan fingerprint density at radius 1 is 1.05 bits per heavy atom. The first-order valence-corrected chi connectivity index (χ1v) is 7.41. The van der Waals surface area contributed by atoms with Gasteiger partial charge in [-0.15, -0.1) is 0 Å². The third-order valence-corrected chi connectivity index (χ3v) is 3.47. The molecule has 22 heavy (non-hydrogen) atoms. The summed E-state index contributed by atoms with van der Waals surface area (Å²) in [5.41, 5.74) is 1.89. The lowest BCUT2D eigenvalue weighted by Crippen LogP contribution is -2.27. The van der Waals surface area contributed by atoms with Crippen LogP contribution in [0.5, 0.6) is 11.5 Å². The predicted molar refractivity (Wildman–Crippen MR) is 94.1 cm³/mol. The Labute approximate surface area is 140 Å². The van der Waals surface area contributed by atoms with Gasteiger partial charge in [0.15, 0.2) is 5.11 Å². The van der Waals surface area contributed by atoms with Gasteiger partial charge >= 0.3 is 0 Å². The van der Waals surface area contributed by atoms with Crippen LogP contribution in [0.15, 0.2) is 42.5 Å². The van der Waals surface area contributed by atoms with E-state index in [1.165, 1.54) is 0 Å². The Balaban J connectivity index is 1.95. The van der Waals surface area contributed by atoms with Crippen molar-refractivity contribution in [2.75, 3.05) is 19.5 Å².